The van der Waals surface area contributed by atoms with Crippen molar-refractivity contribution in [2.45, 2.75) is 31.6 Å². The zero-order valence-corrected chi connectivity index (χ0v) is 15.9. The fourth-order valence-electron chi connectivity index (χ4n) is 4.58. The molecule has 0 radical (unpaired) electrons. The summed E-state index contributed by atoms with van der Waals surface area (Å²) in [6.07, 6.45) is 2.99. The second kappa shape index (κ2) is 8.38. The number of methoxy groups -OCH3 is 2. The molecule has 0 N–H and O–H groups in total. The van der Waals surface area contributed by atoms with Gasteiger partial charge in [0.1, 0.15) is 0 Å². The van der Waals surface area contributed by atoms with Gasteiger partial charge in [-0.2, -0.15) is 0 Å². The molecule has 0 aromatic heterocycles. The summed E-state index contributed by atoms with van der Waals surface area (Å²) in [6, 6.07) is 20.2. The van der Waals surface area contributed by atoms with Crippen molar-refractivity contribution in [2.75, 3.05) is 14.2 Å². The number of carbonyl (C=O) groups excluding carboxylic acids is 2. The van der Waals surface area contributed by atoms with E-state index in [0.717, 1.165) is 30.4 Å². The van der Waals surface area contributed by atoms with Crippen molar-refractivity contribution in [1.82, 2.24) is 0 Å². The zero-order valence-electron chi connectivity index (χ0n) is 15.9. The minimum absolute atomic E-state index is 0.0918. The maximum absolute atomic E-state index is 12.9. The fraction of sp³-hybridized carbons (Fsp3) is 0.391. The van der Waals surface area contributed by atoms with E-state index in [0.29, 0.717) is 6.42 Å². The van der Waals surface area contributed by atoms with Crippen LogP contribution in [0, 0.1) is 11.3 Å². The van der Waals surface area contributed by atoms with E-state index in [-0.39, 0.29) is 11.8 Å². The van der Waals surface area contributed by atoms with Crippen molar-refractivity contribution in [1.29, 1.82) is 0 Å². The van der Waals surface area contributed by atoms with E-state index in [1.807, 2.05) is 36.4 Å². The molecule has 1 fully saturated rings. The summed E-state index contributed by atoms with van der Waals surface area (Å²) in [5.74, 6) is -1.30. The first kappa shape index (κ1) is 19.2. The molecular weight excluding hydrogens is 340 g/mol. The van der Waals surface area contributed by atoms with Crippen molar-refractivity contribution < 1.29 is 19.1 Å². The van der Waals surface area contributed by atoms with Crippen molar-refractivity contribution >= 4 is 11.9 Å². The first-order valence-electron chi connectivity index (χ1n) is 9.42. The maximum Gasteiger partial charge on any atom is 0.323 e. The van der Waals surface area contributed by atoms with Gasteiger partial charge in [0.05, 0.1) is 14.2 Å². The molecule has 0 amide bonds. The summed E-state index contributed by atoms with van der Waals surface area (Å²) in [6.45, 7) is 0. The van der Waals surface area contributed by atoms with Crippen molar-refractivity contribution in [3.05, 3.63) is 71.8 Å². The number of carbonyl (C=O) groups is 2. The van der Waals surface area contributed by atoms with Crippen LogP contribution < -0.4 is 0 Å². The number of esters is 2. The Morgan fingerprint density at radius 3 is 1.78 bits per heavy atom. The van der Waals surface area contributed by atoms with E-state index in [1.54, 1.807) is 0 Å². The number of rotatable bonds is 5. The molecule has 4 nitrogen and oxygen atoms in total. The van der Waals surface area contributed by atoms with Crippen molar-refractivity contribution in [3.63, 3.8) is 0 Å². The third kappa shape index (κ3) is 3.48. The average molecular weight is 366 g/mol. The molecule has 0 spiro atoms. The summed E-state index contributed by atoms with van der Waals surface area (Å²) in [7, 11) is 2.69. The van der Waals surface area contributed by atoms with Gasteiger partial charge < -0.3 is 9.47 Å². The van der Waals surface area contributed by atoms with Gasteiger partial charge in [0, 0.05) is 5.92 Å². The Bertz CT molecular complexity index is 714. The normalized spacial score (nSPS) is 18.7. The quantitative estimate of drug-likeness (QED) is 0.583. The summed E-state index contributed by atoms with van der Waals surface area (Å²) in [5.41, 5.74) is 0.901. The van der Waals surface area contributed by atoms with Crippen molar-refractivity contribution in [3.8, 4) is 0 Å². The summed E-state index contributed by atoms with van der Waals surface area (Å²) >= 11 is 0. The molecule has 0 aliphatic heterocycles. The molecular formula is C23H26O4. The monoisotopic (exact) mass is 366 g/mol. The first-order valence-corrected chi connectivity index (χ1v) is 9.42. The lowest BCUT2D eigenvalue weighted by atomic mass is 9.59. The molecule has 2 aromatic rings. The molecule has 1 aliphatic carbocycles. The highest BCUT2D eigenvalue weighted by Crippen LogP contribution is 2.52. The van der Waals surface area contributed by atoms with E-state index in [4.69, 9.17) is 9.47 Å². The van der Waals surface area contributed by atoms with E-state index in [2.05, 4.69) is 24.3 Å². The number of hydrogen-bond donors (Lipinski definition) is 0. The molecule has 1 saturated carbocycles. The van der Waals surface area contributed by atoms with E-state index < -0.39 is 17.4 Å². The van der Waals surface area contributed by atoms with Gasteiger partial charge in [0.25, 0.3) is 0 Å². The van der Waals surface area contributed by atoms with Gasteiger partial charge in [0.2, 0.25) is 0 Å². The average Bonchev–Trinajstić information content (AvgIpc) is 2.74. The SMILES string of the molecule is COC(=O)C1(C(=O)OC)CCCCC1C(c1ccccc1)c1ccccc1. The zero-order chi connectivity index (χ0) is 19.3. The van der Waals surface area contributed by atoms with Gasteiger partial charge in [-0.1, -0.05) is 73.5 Å². The fourth-order valence-corrected chi connectivity index (χ4v) is 4.58. The Morgan fingerprint density at radius 2 is 1.33 bits per heavy atom. The molecule has 0 bridgehead atoms. The molecule has 1 unspecified atom stereocenters. The Hall–Kier alpha value is -2.62. The Labute approximate surface area is 160 Å². The molecule has 142 valence electrons. The highest BCUT2D eigenvalue weighted by molar-refractivity contribution is 6.00. The number of benzene rings is 2. The van der Waals surface area contributed by atoms with Crippen LogP contribution in [0.3, 0.4) is 0 Å². The van der Waals surface area contributed by atoms with Crippen LogP contribution in [0.5, 0.6) is 0 Å². The molecule has 2 aromatic carbocycles. The van der Waals surface area contributed by atoms with E-state index in [1.165, 1.54) is 14.2 Å². The molecule has 3 rings (SSSR count). The van der Waals surface area contributed by atoms with Gasteiger partial charge in [-0.05, 0) is 29.9 Å². The molecule has 27 heavy (non-hydrogen) atoms. The summed E-state index contributed by atoms with van der Waals surface area (Å²) in [5, 5.41) is 0. The lowest BCUT2D eigenvalue weighted by Gasteiger charge is -2.43. The van der Waals surface area contributed by atoms with Gasteiger partial charge in [-0.25, -0.2) is 0 Å². The largest absolute Gasteiger partial charge is 0.468 e. The molecule has 1 aliphatic rings. The first-order chi connectivity index (χ1) is 13.1. The predicted molar refractivity (Wildman–Crippen MR) is 103 cm³/mol. The molecule has 0 heterocycles. The lowest BCUT2D eigenvalue weighted by molar-refractivity contribution is -0.177. The molecule has 1 atom stereocenters. The number of hydrogen-bond acceptors (Lipinski definition) is 4. The van der Waals surface area contributed by atoms with E-state index >= 15 is 0 Å². The summed E-state index contributed by atoms with van der Waals surface area (Å²) < 4.78 is 10.3. The van der Waals surface area contributed by atoms with Crippen LogP contribution in [0.2, 0.25) is 0 Å². The second-order valence-electron chi connectivity index (χ2n) is 7.11. The maximum atomic E-state index is 12.9. The van der Waals surface area contributed by atoms with E-state index in [9.17, 15) is 9.59 Å². The van der Waals surface area contributed by atoms with Crippen LogP contribution in [-0.2, 0) is 19.1 Å². The van der Waals surface area contributed by atoms with Gasteiger partial charge >= 0.3 is 11.9 Å². The molecule has 4 heteroatoms. The second-order valence-corrected chi connectivity index (χ2v) is 7.11. The third-order valence-corrected chi connectivity index (χ3v) is 5.79. The predicted octanol–water partition coefficient (Wildman–Crippen LogP) is 4.34. The Balaban J connectivity index is 2.18. The Kier molecular flexibility index (Phi) is 5.94. The topological polar surface area (TPSA) is 52.6 Å². The minimum atomic E-state index is -1.28. The van der Waals surface area contributed by atoms with Crippen LogP contribution in [-0.4, -0.2) is 26.2 Å². The van der Waals surface area contributed by atoms with Crippen LogP contribution in [0.25, 0.3) is 0 Å². The highest BCUT2D eigenvalue weighted by atomic mass is 16.5. The van der Waals surface area contributed by atoms with Crippen LogP contribution in [0.4, 0.5) is 0 Å². The third-order valence-electron chi connectivity index (χ3n) is 5.79. The van der Waals surface area contributed by atoms with Gasteiger partial charge in [-0.3, -0.25) is 9.59 Å². The Morgan fingerprint density at radius 1 is 0.852 bits per heavy atom. The smallest absolute Gasteiger partial charge is 0.323 e. The highest BCUT2D eigenvalue weighted by Gasteiger charge is 2.57. The minimum Gasteiger partial charge on any atom is -0.468 e. The molecule has 0 saturated heterocycles. The number of ether oxygens (including phenoxy) is 2. The van der Waals surface area contributed by atoms with Crippen molar-refractivity contribution in [2.24, 2.45) is 11.3 Å². The van der Waals surface area contributed by atoms with Crippen LogP contribution >= 0.6 is 0 Å². The van der Waals surface area contributed by atoms with Gasteiger partial charge in [-0.15, -0.1) is 0 Å². The van der Waals surface area contributed by atoms with Crippen LogP contribution in [0.1, 0.15) is 42.7 Å². The summed E-state index contributed by atoms with van der Waals surface area (Å²) in [4.78, 5) is 25.9. The van der Waals surface area contributed by atoms with Gasteiger partial charge in [0.15, 0.2) is 5.41 Å². The lowest BCUT2D eigenvalue weighted by Crippen LogP contribution is -2.51. The van der Waals surface area contributed by atoms with Crippen LogP contribution in [0.15, 0.2) is 60.7 Å². The standard InChI is InChI=1S/C23H26O4/c1-26-21(24)23(22(25)27-2)16-10-9-15-19(23)20(17-11-5-3-6-12-17)18-13-7-4-8-14-18/h3-8,11-14,19-20H,9-10,15-16H2,1-2H3.